The van der Waals surface area contributed by atoms with E-state index >= 15 is 0 Å². The summed E-state index contributed by atoms with van der Waals surface area (Å²) < 4.78 is 0. The average molecular weight is 346 g/mol. The fourth-order valence-corrected chi connectivity index (χ4v) is 2.50. The number of rotatable bonds is 9. The second kappa shape index (κ2) is 9.74. The first kappa shape index (κ1) is 20.6. The molecular weight excluding hydrogens is 316 g/mol. The number of nitrogens with zero attached hydrogens (tertiary/aromatic N) is 2. The molecule has 1 aromatic carbocycles. The van der Waals surface area contributed by atoms with E-state index in [4.69, 9.17) is 11.6 Å². The van der Waals surface area contributed by atoms with Crippen molar-refractivity contribution in [2.75, 3.05) is 18.0 Å². The molecule has 6 nitrogen and oxygen atoms in total. The molecule has 0 fully saturated rings. The van der Waals surface area contributed by atoms with Gasteiger partial charge >= 0.3 is 5.97 Å². The van der Waals surface area contributed by atoms with Crippen molar-refractivity contribution in [1.82, 2.24) is 5.01 Å². The molecule has 25 heavy (non-hydrogen) atoms. The summed E-state index contributed by atoms with van der Waals surface area (Å²) in [6.45, 7) is 9.15. The van der Waals surface area contributed by atoms with Crippen LogP contribution in [0.1, 0.15) is 49.5 Å². The maximum atomic E-state index is 11.4. The van der Waals surface area contributed by atoms with Crippen LogP contribution >= 0.6 is 0 Å². The molecule has 6 heteroatoms. The number of anilines is 1. The van der Waals surface area contributed by atoms with Crippen LogP contribution in [0.15, 0.2) is 41.9 Å². The quantitative estimate of drug-likeness (QED) is 0.469. The molecule has 0 radical (unpaired) electrons. The van der Waals surface area contributed by atoms with E-state index in [0.29, 0.717) is 13.1 Å². The highest BCUT2D eigenvalue weighted by Crippen LogP contribution is 2.27. The molecule has 0 heterocycles. The van der Waals surface area contributed by atoms with Gasteiger partial charge in [-0.25, -0.2) is 10.6 Å². The molecule has 5 N–H and O–H groups in total. The van der Waals surface area contributed by atoms with Gasteiger partial charge in [0, 0.05) is 24.1 Å². The molecule has 0 aromatic heterocycles. The van der Waals surface area contributed by atoms with E-state index < -0.39 is 5.97 Å². The fraction of sp³-hybridized carbons (Fsp3) is 0.421. The van der Waals surface area contributed by atoms with Crippen molar-refractivity contribution in [3.05, 3.63) is 53.0 Å². The maximum absolute atomic E-state index is 11.4. The van der Waals surface area contributed by atoms with Crippen molar-refractivity contribution in [1.29, 1.82) is 0 Å². The zero-order valence-corrected chi connectivity index (χ0v) is 15.6. The molecule has 0 aliphatic carbocycles. The molecule has 138 valence electrons. The van der Waals surface area contributed by atoms with Gasteiger partial charge in [-0.15, -0.1) is 0 Å². The standard InChI is InChI=1S/C19H30N4O2/c1-5-7-8-15(4)22(13-17(12-20)23(21)6-2)18-11-16(19(24)25)10-9-14(18)3/h8-12H,5-7,13,20-21H2,1-4H3,(H,24,25)/b15-8+,17-12-. The number of hydrogen-bond donors (Lipinski definition) is 3. The van der Waals surface area contributed by atoms with Gasteiger partial charge in [0.2, 0.25) is 0 Å². The summed E-state index contributed by atoms with van der Waals surface area (Å²) >= 11 is 0. The van der Waals surface area contributed by atoms with Crippen molar-refractivity contribution < 1.29 is 9.90 Å². The van der Waals surface area contributed by atoms with Crippen molar-refractivity contribution in [3.8, 4) is 0 Å². The Morgan fingerprint density at radius 2 is 2.00 bits per heavy atom. The monoisotopic (exact) mass is 346 g/mol. The maximum Gasteiger partial charge on any atom is 0.335 e. The van der Waals surface area contributed by atoms with E-state index in [0.717, 1.165) is 35.5 Å². The van der Waals surface area contributed by atoms with Crippen molar-refractivity contribution in [2.24, 2.45) is 11.6 Å². The number of likely N-dealkylation sites (N-methyl/N-ethyl adjacent to an activating group) is 1. The zero-order valence-electron chi connectivity index (χ0n) is 15.6. The van der Waals surface area contributed by atoms with Crippen LogP contribution in [0.25, 0.3) is 0 Å². The minimum atomic E-state index is -0.944. The molecule has 0 unspecified atom stereocenters. The van der Waals surface area contributed by atoms with Crippen LogP contribution in [0.5, 0.6) is 0 Å². The summed E-state index contributed by atoms with van der Waals surface area (Å²) in [6, 6.07) is 5.14. The summed E-state index contributed by atoms with van der Waals surface area (Å²) in [7, 11) is 0. The number of nitrogens with two attached hydrogens (primary N) is 2. The first-order chi connectivity index (χ1) is 11.8. The lowest BCUT2D eigenvalue weighted by Crippen LogP contribution is -2.37. The molecule has 0 saturated heterocycles. The Hall–Kier alpha value is -2.47. The van der Waals surface area contributed by atoms with E-state index in [1.54, 1.807) is 17.1 Å². The van der Waals surface area contributed by atoms with E-state index in [1.165, 1.54) is 6.20 Å². The van der Waals surface area contributed by atoms with Gasteiger partial charge in [-0.05, 0) is 44.9 Å². The minimum absolute atomic E-state index is 0.257. The second-order valence-corrected chi connectivity index (χ2v) is 5.97. The third-order valence-corrected chi connectivity index (χ3v) is 4.12. The van der Waals surface area contributed by atoms with Crippen LogP contribution in [0, 0.1) is 6.92 Å². The number of allylic oxidation sites excluding steroid dienone is 2. The van der Waals surface area contributed by atoms with Gasteiger partial charge in [-0.3, -0.25) is 0 Å². The van der Waals surface area contributed by atoms with Crippen LogP contribution in [0.2, 0.25) is 0 Å². The van der Waals surface area contributed by atoms with Crippen molar-refractivity contribution in [3.63, 3.8) is 0 Å². The topological polar surface area (TPSA) is 95.8 Å². The van der Waals surface area contributed by atoms with Gasteiger partial charge in [-0.1, -0.05) is 25.5 Å². The van der Waals surface area contributed by atoms with E-state index in [1.807, 2.05) is 26.8 Å². The summed E-state index contributed by atoms with van der Waals surface area (Å²) in [5.74, 6) is 5.07. The number of carboxylic acids is 1. The Balaban J connectivity index is 3.37. The molecule has 0 atom stereocenters. The Kier molecular flexibility index (Phi) is 8.01. The van der Waals surface area contributed by atoms with E-state index in [-0.39, 0.29) is 5.56 Å². The highest BCUT2D eigenvalue weighted by molar-refractivity contribution is 5.89. The highest BCUT2D eigenvalue weighted by atomic mass is 16.4. The van der Waals surface area contributed by atoms with E-state index in [2.05, 4.69) is 17.9 Å². The molecule has 0 saturated carbocycles. The van der Waals surface area contributed by atoms with Crippen LogP contribution in [-0.2, 0) is 0 Å². The van der Waals surface area contributed by atoms with Gasteiger partial charge in [-0.2, -0.15) is 0 Å². The molecule has 1 rings (SSSR count). The molecule has 0 amide bonds. The summed E-state index contributed by atoms with van der Waals surface area (Å²) in [5.41, 5.74) is 9.67. The fourth-order valence-electron chi connectivity index (χ4n) is 2.50. The van der Waals surface area contributed by atoms with Gasteiger partial charge < -0.3 is 20.7 Å². The minimum Gasteiger partial charge on any atom is -0.478 e. The number of carboxylic acid groups (broad SMARTS) is 1. The number of carbonyl (C=O) groups is 1. The molecular formula is C19H30N4O2. The van der Waals surface area contributed by atoms with Gasteiger partial charge in [0.05, 0.1) is 17.8 Å². The predicted molar refractivity (Wildman–Crippen MR) is 103 cm³/mol. The lowest BCUT2D eigenvalue weighted by atomic mass is 10.1. The lowest BCUT2D eigenvalue weighted by Gasteiger charge is -2.31. The van der Waals surface area contributed by atoms with Gasteiger partial charge in [0.25, 0.3) is 0 Å². The van der Waals surface area contributed by atoms with Crippen molar-refractivity contribution in [2.45, 2.75) is 40.5 Å². The second-order valence-electron chi connectivity index (χ2n) is 5.97. The summed E-state index contributed by atoms with van der Waals surface area (Å²) in [4.78, 5) is 13.4. The smallest absolute Gasteiger partial charge is 0.335 e. The zero-order chi connectivity index (χ0) is 19.0. The Morgan fingerprint density at radius 3 is 2.52 bits per heavy atom. The molecule has 0 spiro atoms. The number of hydrazine groups is 1. The van der Waals surface area contributed by atoms with Crippen LogP contribution in [-0.4, -0.2) is 29.2 Å². The Labute approximate surface area is 150 Å². The van der Waals surface area contributed by atoms with E-state index in [9.17, 15) is 9.90 Å². The average Bonchev–Trinajstić information content (AvgIpc) is 2.60. The predicted octanol–water partition coefficient (Wildman–Crippen LogP) is 3.20. The van der Waals surface area contributed by atoms with Crippen LogP contribution in [0.4, 0.5) is 5.69 Å². The third kappa shape index (κ3) is 5.53. The molecule has 0 bridgehead atoms. The molecule has 0 aliphatic heterocycles. The molecule has 0 aliphatic rings. The largest absolute Gasteiger partial charge is 0.478 e. The van der Waals surface area contributed by atoms with Gasteiger partial charge in [0.1, 0.15) is 0 Å². The Bertz CT molecular complexity index is 653. The van der Waals surface area contributed by atoms with Crippen LogP contribution in [0.3, 0.4) is 0 Å². The number of benzene rings is 1. The van der Waals surface area contributed by atoms with Crippen LogP contribution < -0.4 is 16.5 Å². The number of aryl methyl sites for hydroxylation is 1. The number of unbranched alkanes of at least 4 members (excludes halogenated alkanes) is 1. The molecule has 1 aromatic rings. The van der Waals surface area contributed by atoms with Crippen molar-refractivity contribution >= 4 is 11.7 Å². The normalized spacial score (nSPS) is 12.2. The summed E-state index contributed by atoms with van der Waals surface area (Å²) in [6.07, 6.45) is 5.63. The first-order valence-electron chi connectivity index (χ1n) is 8.56. The lowest BCUT2D eigenvalue weighted by molar-refractivity contribution is 0.0697. The van der Waals surface area contributed by atoms with Gasteiger partial charge in [0.15, 0.2) is 0 Å². The highest BCUT2D eigenvalue weighted by Gasteiger charge is 2.17. The first-order valence-corrected chi connectivity index (χ1v) is 8.56. The summed E-state index contributed by atoms with van der Waals surface area (Å²) in [5, 5.41) is 10.9. The Morgan fingerprint density at radius 1 is 1.32 bits per heavy atom. The third-order valence-electron chi connectivity index (χ3n) is 4.12. The number of hydrogen-bond acceptors (Lipinski definition) is 5. The number of aromatic carboxylic acids is 1. The SMILES string of the molecule is CCC/C=C(\C)N(C/C(=C/N)N(N)CC)c1cc(C(=O)O)ccc1C.